The Morgan fingerprint density at radius 2 is 1.72 bits per heavy atom. The average molecular weight is 349 g/mol. The van der Waals surface area contributed by atoms with E-state index in [9.17, 15) is 18.0 Å². The highest BCUT2D eigenvalue weighted by Crippen LogP contribution is 2.29. The van der Waals surface area contributed by atoms with Gasteiger partial charge in [0.15, 0.2) is 0 Å². The molecule has 2 aromatic rings. The zero-order chi connectivity index (χ0) is 18.4. The summed E-state index contributed by atoms with van der Waals surface area (Å²) in [7, 11) is 0. The van der Waals surface area contributed by atoms with Crippen LogP contribution in [0.25, 0.3) is 0 Å². The first kappa shape index (κ1) is 19.0. The molecule has 1 amide bonds. The summed E-state index contributed by atoms with van der Waals surface area (Å²) in [5.74, 6) is -0.158. The Labute approximate surface area is 146 Å². The zero-order valence-electron chi connectivity index (χ0n) is 14.3. The predicted molar refractivity (Wildman–Crippen MR) is 91.9 cm³/mol. The number of amides is 1. The van der Waals surface area contributed by atoms with Crippen molar-refractivity contribution in [3.63, 3.8) is 0 Å². The minimum absolute atomic E-state index is 0.0736. The Kier molecular flexibility index (Phi) is 6.23. The number of hydrogen-bond acceptors (Lipinski definition) is 1. The molecule has 0 saturated carbocycles. The van der Waals surface area contributed by atoms with Crippen molar-refractivity contribution in [3.8, 4) is 0 Å². The van der Waals surface area contributed by atoms with Gasteiger partial charge in [-0.15, -0.1) is 0 Å². The average Bonchev–Trinajstić information content (AvgIpc) is 2.58. The molecule has 1 N–H and O–H groups in total. The van der Waals surface area contributed by atoms with Crippen LogP contribution >= 0.6 is 0 Å². The molecule has 0 spiro atoms. The molecule has 0 aliphatic carbocycles. The number of carbonyl (C=O) groups is 1. The van der Waals surface area contributed by atoms with Crippen molar-refractivity contribution in [1.82, 2.24) is 5.32 Å². The van der Waals surface area contributed by atoms with Crippen molar-refractivity contribution in [2.75, 3.05) is 0 Å². The third-order valence-electron chi connectivity index (χ3n) is 3.95. The van der Waals surface area contributed by atoms with Crippen LogP contribution in [0.15, 0.2) is 54.6 Å². The molecule has 0 aliphatic rings. The summed E-state index contributed by atoms with van der Waals surface area (Å²) in [5, 5.41) is 2.78. The van der Waals surface area contributed by atoms with Gasteiger partial charge < -0.3 is 5.32 Å². The summed E-state index contributed by atoms with van der Waals surface area (Å²) in [5.41, 5.74) is 0.637. The van der Waals surface area contributed by atoms with Gasteiger partial charge in [0.1, 0.15) is 0 Å². The minimum Gasteiger partial charge on any atom is -0.351 e. The smallest absolute Gasteiger partial charge is 0.351 e. The standard InChI is InChI=1S/C20H22F3NO/c1-14(2)11-18(16-8-4-3-5-9-16)19(25)24-13-15-7-6-10-17(12-15)20(21,22)23/h3-10,12,14,18H,11,13H2,1-2H3,(H,24,25). The highest BCUT2D eigenvalue weighted by atomic mass is 19.4. The number of carbonyl (C=O) groups excluding carboxylic acids is 1. The van der Waals surface area contributed by atoms with E-state index < -0.39 is 11.7 Å². The van der Waals surface area contributed by atoms with E-state index in [1.165, 1.54) is 6.07 Å². The lowest BCUT2D eigenvalue weighted by Crippen LogP contribution is -2.30. The topological polar surface area (TPSA) is 29.1 Å². The summed E-state index contributed by atoms with van der Waals surface area (Å²) in [4.78, 5) is 12.6. The molecule has 2 rings (SSSR count). The first-order chi connectivity index (χ1) is 11.8. The van der Waals surface area contributed by atoms with Crippen LogP contribution in [0.1, 0.15) is 42.9 Å². The van der Waals surface area contributed by atoms with Crippen molar-refractivity contribution in [2.24, 2.45) is 5.92 Å². The number of benzene rings is 2. The Morgan fingerprint density at radius 1 is 1.04 bits per heavy atom. The van der Waals surface area contributed by atoms with E-state index in [-0.39, 0.29) is 18.4 Å². The van der Waals surface area contributed by atoms with Gasteiger partial charge in [0.05, 0.1) is 11.5 Å². The molecule has 25 heavy (non-hydrogen) atoms. The molecule has 0 aliphatic heterocycles. The van der Waals surface area contributed by atoms with Crippen LogP contribution in [0.3, 0.4) is 0 Å². The lowest BCUT2D eigenvalue weighted by molar-refractivity contribution is -0.137. The molecular weight excluding hydrogens is 327 g/mol. The fourth-order valence-corrected chi connectivity index (χ4v) is 2.72. The Bertz CT molecular complexity index is 696. The van der Waals surface area contributed by atoms with Gasteiger partial charge in [0, 0.05) is 6.54 Å². The molecule has 0 aromatic heterocycles. The van der Waals surface area contributed by atoms with E-state index in [1.54, 1.807) is 6.07 Å². The molecule has 0 heterocycles. The SMILES string of the molecule is CC(C)CC(C(=O)NCc1cccc(C(F)(F)F)c1)c1ccccc1. The summed E-state index contributed by atoms with van der Waals surface area (Å²) in [6.45, 7) is 4.15. The molecule has 0 fully saturated rings. The van der Waals surface area contributed by atoms with Crippen molar-refractivity contribution in [1.29, 1.82) is 0 Å². The maximum Gasteiger partial charge on any atom is 0.416 e. The molecule has 2 aromatic carbocycles. The molecule has 5 heteroatoms. The van der Waals surface area contributed by atoms with Crippen LogP contribution in [0.4, 0.5) is 13.2 Å². The van der Waals surface area contributed by atoms with E-state index in [0.717, 1.165) is 17.7 Å². The van der Waals surface area contributed by atoms with Crippen molar-refractivity contribution >= 4 is 5.91 Å². The Balaban J connectivity index is 2.09. The van der Waals surface area contributed by atoms with Crippen LogP contribution in [0.2, 0.25) is 0 Å². The fourth-order valence-electron chi connectivity index (χ4n) is 2.72. The Hall–Kier alpha value is -2.30. The monoisotopic (exact) mass is 349 g/mol. The lowest BCUT2D eigenvalue weighted by Gasteiger charge is -2.19. The number of alkyl halides is 3. The summed E-state index contributed by atoms with van der Waals surface area (Å²) in [6.07, 6.45) is -3.71. The zero-order valence-corrected chi connectivity index (χ0v) is 14.3. The summed E-state index contributed by atoms with van der Waals surface area (Å²) < 4.78 is 38.3. The fraction of sp³-hybridized carbons (Fsp3) is 0.350. The summed E-state index contributed by atoms with van der Waals surface area (Å²) >= 11 is 0. The normalized spacial score (nSPS) is 12.9. The second kappa shape index (κ2) is 8.19. The maximum absolute atomic E-state index is 12.8. The third-order valence-corrected chi connectivity index (χ3v) is 3.95. The molecule has 1 atom stereocenters. The molecule has 0 radical (unpaired) electrons. The first-order valence-corrected chi connectivity index (χ1v) is 8.26. The third kappa shape index (κ3) is 5.62. The van der Waals surface area contributed by atoms with Gasteiger partial charge in [-0.05, 0) is 35.6 Å². The van der Waals surface area contributed by atoms with Gasteiger partial charge >= 0.3 is 6.18 Å². The lowest BCUT2D eigenvalue weighted by atomic mass is 9.89. The van der Waals surface area contributed by atoms with E-state index >= 15 is 0 Å². The van der Waals surface area contributed by atoms with Crippen molar-refractivity contribution in [3.05, 3.63) is 71.3 Å². The second-order valence-electron chi connectivity index (χ2n) is 6.51. The van der Waals surface area contributed by atoms with Crippen molar-refractivity contribution in [2.45, 2.75) is 38.9 Å². The number of hydrogen-bond donors (Lipinski definition) is 1. The van der Waals surface area contributed by atoms with Crippen LogP contribution in [0, 0.1) is 5.92 Å². The van der Waals surface area contributed by atoms with E-state index in [2.05, 4.69) is 5.32 Å². The first-order valence-electron chi connectivity index (χ1n) is 8.26. The quantitative estimate of drug-likeness (QED) is 0.768. The Morgan fingerprint density at radius 3 is 2.32 bits per heavy atom. The van der Waals surface area contributed by atoms with E-state index in [4.69, 9.17) is 0 Å². The number of nitrogens with one attached hydrogen (secondary N) is 1. The molecule has 2 nitrogen and oxygen atoms in total. The largest absolute Gasteiger partial charge is 0.416 e. The van der Waals surface area contributed by atoms with E-state index in [1.807, 2.05) is 44.2 Å². The highest BCUT2D eigenvalue weighted by Gasteiger charge is 2.30. The van der Waals surface area contributed by atoms with Gasteiger partial charge in [0.25, 0.3) is 0 Å². The van der Waals surface area contributed by atoms with Crippen LogP contribution < -0.4 is 5.32 Å². The van der Waals surface area contributed by atoms with Crippen LogP contribution in [-0.2, 0) is 17.5 Å². The molecule has 134 valence electrons. The van der Waals surface area contributed by atoms with Crippen LogP contribution in [0.5, 0.6) is 0 Å². The molecular formula is C20H22F3NO. The van der Waals surface area contributed by atoms with E-state index in [0.29, 0.717) is 17.9 Å². The highest BCUT2D eigenvalue weighted by molar-refractivity contribution is 5.83. The predicted octanol–water partition coefficient (Wildman–Crippen LogP) is 5.15. The number of halogens is 3. The molecule has 1 unspecified atom stereocenters. The van der Waals surface area contributed by atoms with Gasteiger partial charge in [-0.25, -0.2) is 0 Å². The van der Waals surface area contributed by atoms with Crippen LogP contribution in [-0.4, -0.2) is 5.91 Å². The van der Waals surface area contributed by atoms with Gasteiger partial charge in [-0.2, -0.15) is 13.2 Å². The van der Waals surface area contributed by atoms with Gasteiger partial charge in [-0.3, -0.25) is 4.79 Å². The summed E-state index contributed by atoms with van der Waals surface area (Å²) in [6, 6.07) is 14.5. The molecule has 0 bridgehead atoms. The minimum atomic E-state index is -4.38. The van der Waals surface area contributed by atoms with Gasteiger partial charge in [0.2, 0.25) is 5.91 Å². The number of rotatable bonds is 6. The van der Waals surface area contributed by atoms with Gasteiger partial charge in [-0.1, -0.05) is 56.3 Å². The second-order valence-corrected chi connectivity index (χ2v) is 6.51. The molecule has 0 saturated heterocycles. The van der Waals surface area contributed by atoms with Crippen molar-refractivity contribution < 1.29 is 18.0 Å². The maximum atomic E-state index is 12.8.